The molecule has 1 aromatic heterocycles. The van der Waals surface area contributed by atoms with Crippen LogP contribution in [0.3, 0.4) is 0 Å². The third-order valence-electron chi connectivity index (χ3n) is 2.61. The fraction of sp³-hybridized carbons (Fsp3) is 0.143. The number of nitrogens with one attached hydrogen (secondary N) is 1. The molecular weight excluding hydrogens is 256 g/mol. The van der Waals surface area contributed by atoms with E-state index in [0.717, 1.165) is 0 Å². The van der Waals surface area contributed by atoms with Crippen LogP contribution in [-0.4, -0.2) is 10.9 Å². The highest BCUT2D eigenvalue weighted by Gasteiger charge is 2.04. The average molecular weight is 272 g/mol. The van der Waals surface area contributed by atoms with E-state index < -0.39 is 0 Å². The molecule has 0 unspecified atom stereocenters. The number of amides is 1. The lowest BCUT2D eigenvalue weighted by molar-refractivity contribution is -0.115. The summed E-state index contributed by atoms with van der Waals surface area (Å²) in [6.45, 7) is 1.77. The van der Waals surface area contributed by atoms with Crippen molar-refractivity contribution in [3.8, 4) is 11.5 Å². The number of rotatable bonds is 4. The number of carbonyl (C=O) groups is 1. The molecule has 0 bridgehead atoms. The van der Waals surface area contributed by atoms with Crippen molar-refractivity contribution in [2.45, 2.75) is 13.3 Å². The van der Waals surface area contributed by atoms with Crippen LogP contribution in [0, 0.1) is 0 Å². The SMILES string of the molecule is CCC(=O)Nc1cc(Oc2ccc(N)c(N)c2)ccn1. The molecule has 5 N–H and O–H groups in total. The monoisotopic (exact) mass is 272 g/mol. The standard InChI is InChI=1S/C14H16N4O2/c1-2-14(19)18-13-8-10(5-6-17-13)20-9-3-4-11(15)12(16)7-9/h3-8H,2,15-16H2,1H3,(H,17,18,19). The third kappa shape index (κ3) is 3.38. The number of aromatic nitrogens is 1. The predicted molar refractivity (Wildman–Crippen MR) is 78.5 cm³/mol. The molecule has 0 aliphatic rings. The van der Waals surface area contributed by atoms with Gasteiger partial charge in [0.05, 0.1) is 11.4 Å². The Kier molecular flexibility index (Phi) is 4.05. The minimum Gasteiger partial charge on any atom is -0.457 e. The lowest BCUT2D eigenvalue weighted by atomic mass is 10.2. The Morgan fingerprint density at radius 1 is 1.20 bits per heavy atom. The number of benzene rings is 1. The van der Waals surface area contributed by atoms with Gasteiger partial charge in [0.25, 0.3) is 0 Å². The maximum atomic E-state index is 11.3. The molecule has 6 nitrogen and oxygen atoms in total. The smallest absolute Gasteiger partial charge is 0.225 e. The Morgan fingerprint density at radius 2 is 1.95 bits per heavy atom. The van der Waals surface area contributed by atoms with Crippen molar-refractivity contribution in [1.82, 2.24) is 4.98 Å². The van der Waals surface area contributed by atoms with E-state index in [0.29, 0.717) is 35.1 Å². The van der Waals surface area contributed by atoms with Gasteiger partial charge in [-0.25, -0.2) is 4.98 Å². The van der Waals surface area contributed by atoms with E-state index in [2.05, 4.69) is 10.3 Å². The largest absolute Gasteiger partial charge is 0.457 e. The number of hydrogen-bond acceptors (Lipinski definition) is 5. The normalized spacial score (nSPS) is 10.1. The van der Waals surface area contributed by atoms with Crippen LogP contribution in [0.5, 0.6) is 11.5 Å². The molecule has 20 heavy (non-hydrogen) atoms. The van der Waals surface area contributed by atoms with Crippen LogP contribution in [0.4, 0.5) is 17.2 Å². The number of pyridine rings is 1. The van der Waals surface area contributed by atoms with Gasteiger partial charge in [0, 0.05) is 24.8 Å². The molecule has 0 atom stereocenters. The van der Waals surface area contributed by atoms with Crippen molar-refractivity contribution >= 4 is 23.1 Å². The van der Waals surface area contributed by atoms with E-state index in [4.69, 9.17) is 16.2 Å². The average Bonchev–Trinajstić information content (AvgIpc) is 2.43. The second-order valence-corrected chi connectivity index (χ2v) is 4.17. The second-order valence-electron chi connectivity index (χ2n) is 4.17. The highest BCUT2D eigenvalue weighted by molar-refractivity contribution is 5.89. The number of anilines is 3. The molecule has 0 saturated heterocycles. The Balaban J connectivity index is 2.14. The predicted octanol–water partition coefficient (Wildman–Crippen LogP) is 2.39. The van der Waals surface area contributed by atoms with E-state index in [1.807, 2.05) is 0 Å². The van der Waals surface area contributed by atoms with Crippen molar-refractivity contribution in [2.75, 3.05) is 16.8 Å². The lowest BCUT2D eigenvalue weighted by Gasteiger charge is -2.09. The molecule has 0 radical (unpaired) electrons. The van der Waals surface area contributed by atoms with E-state index in [1.54, 1.807) is 43.5 Å². The Hall–Kier alpha value is -2.76. The van der Waals surface area contributed by atoms with Gasteiger partial charge in [-0.1, -0.05) is 6.92 Å². The lowest BCUT2D eigenvalue weighted by Crippen LogP contribution is -2.10. The van der Waals surface area contributed by atoms with Crippen molar-refractivity contribution in [3.05, 3.63) is 36.5 Å². The van der Waals surface area contributed by atoms with Crippen LogP contribution >= 0.6 is 0 Å². The molecule has 1 aromatic carbocycles. The number of nitrogens with zero attached hydrogens (tertiary/aromatic N) is 1. The molecule has 1 heterocycles. The molecule has 0 spiro atoms. The van der Waals surface area contributed by atoms with Gasteiger partial charge in [0.2, 0.25) is 5.91 Å². The van der Waals surface area contributed by atoms with E-state index in [1.165, 1.54) is 0 Å². The quantitative estimate of drug-likeness (QED) is 0.741. The van der Waals surface area contributed by atoms with Crippen molar-refractivity contribution in [3.63, 3.8) is 0 Å². The summed E-state index contributed by atoms with van der Waals surface area (Å²) >= 11 is 0. The fourth-order valence-corrected chi connectivity index (χ4v) is 1.53. The minimum absolute atomic E-state index is 0.105. The highest BCUT2D eigenvalue weighted by Crippen LogP contribution is 2.27. The molecule has 0 saturated carbocycles. The van der Waals surface area contributed by atoms with Crippen molar-refractivity contribution in [2.24, 2.45) is 0 Å². The summed E-state index contributed by atoms with van der Waals surface area (Å²) in [6.07, 6.45) is 1.95. The maximum Gasteiger partial charge on any atom is 0.225 e. The van der Waals surface area contributed by atoms with Crippen molar-refractivity contribution in [1.29, 1.82) is 0 Å². The summed E-state index contributed by atoms with van der Waals surface area (Å²) in [6, 6.07) is 8.36. The number of hydrogen-bond donors (Lipinski definition) is 3. The number of carbonyl (C=O) groups excluding carboxylic acids is 1. The van der Waals surface area contributed by atoms with E-state index in [-0.39, 0.29) is 5.91 Å². The minimum atomic E-state index is -0.105. The second kappa shape index (κ2) is 5.92. The summed E-state index contributed by atoms with van der Waals surface area (Å²) in [5.74, 6) is 1.45. The van der Waals surface area contributed by atoms with E-state index >= 15 is 0 Å². The van der Waals surface area contributed by atoms with Gasteiger partial charge in [-0.15, -0.1) is 0 Å². The molecule has 0 aliphatic carbocycles. The number of nitrogen functional groups attached to an aromatic ring is 2. The van der Waals surface area contributed by atoms with Gasteiger partial charge in [0.1, 0.15) is 17.3 Å². The van der Waals surface area contributed by atoms with Crippen LogP contribution in [0.25, 0.3) is 0 Å². The van der Waals surface area contributed by atoms with Crippen LogP contribution in [0.15, 0.2) is 36.5 Å². The zero-order valence-electron chi connectivity index (χ0n) is 11.1. The summed E-state index contributed by atoms with van der Waals surface area (Å²) in [5, 5.41) is 2.66. The van der Waals surface area contributed by atoms with Gasteiger partial charge in [0.15, 0.2) is 0 Å². The van der Waals surface area contributed by atoms with Crippen LogP contribution in [0.1, 0.15) is 13.3 Å². The van der Waals surface area contributed by atoms with Gasteiger partial charge in [-0.3, -0.25) is 4.79 Å². The number of ether oxygens (including phenoxy) is 1. The first-order valence-electron chi connectivity index (χ1n) is 6.17. The zero-order chi connectivity index (χ0) is 14.5. The molecule has 0 aliphatic heterocycles. The maximum absolute atomic E-state index is 11.3. The Morgan fingerprint density at radius 3 is 2.65 bits per heavy atom. The fourth-order valence-electron chi connectivity index (χ4n) is 1.53. The Labute approximate surface area is 116 Å². The molecule has 2 aromatic rings. The molecule has 6 heteroatoms. The summed E-state index contributed by atoms with van der Waals surface area (Å²) in [5.41, 5.74) is 12.3. The van der Waals surface area contributed by atoms with E-state index in [9.17, 15) is 4.79 Å². The van der Waals surface area contributed by atoms with Crippen molar-refractivity contribution < 1.29 is 9.53 Å². The van der Waals surface area contributed by atoms with Crippen LogP contribution < -0.4 is 21.5 Å². The summed E-state index contributed by atoms with van der Waals surface area (Å²) in [4.78, 5) is 15.4. The molecule has 2 rings (SSSR count). The molecular formula is C14H16N4O2. The highest BCUT2D eigenvalue weighted by atomic mass is 16.5. The van der Waals surface area contributed by atoms with Crippen LogP contribution in [-0.2, 0) is 4.79 Å². The first-order valence-corrected chi connectivity index (χ1v) is 6.17. The summed E-state index contributed by atoms with van der Waals surface area (Å²) in [7, 11) is 0. The van der Waals surface area contributed by atoms with Gasteiger partial charge < -0.3 is 21.5 Å². The van der Waals surface area contributed by atoms with Gasteiger partial charge in [-0.05, 0) is 18.2 Å². The zero-order valence-corrected chi connectivity index (χ0v) is 11.1. The molecule has 0 fully saturated rings. The molecule has 1 amide bonds. The molecule has 104 valence electrons. The first-order chi connectivity index (χ1) is 9.58. The van der Waals surface area contributed by atoms with Gasteiger partial charge >= 0.3 is 0 Å². The van der Waals surface area contributed by atoms with Crippen LogP contribution in [0.2, 0.25) is 0 Å². The first kappa shape index (κ1) is 13.7. The Bertz CT molecular complexity index is 628. The number of nitrogens with two attached hydrogens (primary N) is 2. The third-order valence-corrected chi connectivity index (χ3v) is 2.61. The summed E-state index contributed by atoms with van der Waals surface area (Å²) < 4.78 is 5.64. The van der Waals surface area contributed by atoms with Gasteiger partial charge in [-0.2, -0.15) is 0 Å². The topological polar surface area (TPSA) is 103 Å².